The Kier molecular flexibility index (Phi) is 38.1. The van der Waals surface area contributed by atoms with Crippen LogP contribution < -0.4 is 0 Å². The number of quaternary nitrogens is 1. The van der Waals surface area contributed by atoms with E-state index >= 15 is 0 Å². The van der Waals surface area contributed by atoms with Crippen LogP contribution in [-0.2, 0) is 32.7 Å². The first-order chi connectivity index (χ1) is 28.0. The van der Waals surface area contributed by atoms with E-state index in [1.54, 1.807) is 0 Å². The number of esters is 2. The van der Waals surface area contributed by atoms with Gasteiger partial charge >= 0.3 is 19.8 Å². The molecule has 10 heteroatoms. The van der Waals surface area contributed by atoms with Gasteiger partial charge in [-0.3, -0.25) is 18.6 Å². The summed E-state index contributed by atoms with van der Waals surface area (Å²) >= 11 is 0. The zero-order valence-electron chi connectivity index (χ0n) is 37.5. The van der Waals surface area contributed by atoms with Gasteiger partial charge in [-0.05, 0) is 77.0 Å². The number of likely N-dealkylation sites (N-methyl/N-ethyl adjacent to an activating group) is 1. The third kappa shape index (κ3) is 43.0. The van der Waals surface area contributed by atoms with Crippen molar-refractivity contribution in [1.29, 1.82) is 0 Å². The Morgan fingerprint density at radius 2 is 0.931 bits per heavy atom. The first-order valence-electron chi connectivity index (χ1n) is 22.7. The quantitative estimate of drug-likeness (QED) is 0.0214. The minimum absolute atomic E-state index is 0.0117. The van der Waals surface area contributed by atoms with E-state index in [9.17, 15) is 19.0 Å². The zero-order chi connectivity index (χ0) is 42.8. The number of phosphoric ester groups is 1. The number of rotatable bonds is 40. The molecule has 58 heavy (non-hydrogen) atoms. The molecular weight excluding hydrogens is 750 g/mol. The number of nitrogens with zero attached hydrogens (tertiary/aromatic N) is 1. The average molecular weight is 835 g/mol. The SMILES string of the molecule is CCCCCCCC/C=C\C/C=C\C/C=C\CCCC(=O)OC[C@H](COP(=O)(O)OCC[N+](C)(C)C)OC(=O)CCC/C=C\C/C=C\C/C=C\CCCCCCCC. The molecule has 0 aliphatic rings. The second-order valence-electron chi connectivity index (χ2n) is 16.1. The fraction of sp³-hybridized carbons (Fsp3) is 0.708. The van der Waals surface area contributed by atoms with Crippen molar-refractivity contribution >= 4 is 19.8 Å². The highest BCUT2D eigenvalue weighted by atomic mass is 31.2. The Balaban J connectivity index is 4.53. The van der Waals surface area contributed by atoms with Gasteiger partial charge in [-0.25, -0.2) is 4.57 Å². The van der Waals surface area contributed by atoms with Crippen LogP contribution in [0.25, 0.3) is 0 Å². The van der Waals surface area contributed by atoms with Gasteiger partial charge in [0.2, 0.25) is 0 Å². The number of carbonyl (C=O) groups is 2. The predicted octanol–water partition coefficient (Wildman–Crippen LogP) is 13.0. The first-order valence-corrected chi connectivity index (χ1v) is 24.2. The molecule has 0 heterocycles. The summed E-state index contributed by atoms with van der Waals surface area (Å²) in [4.78, 5) is 35.3. The highest BCUT2D eigenvalue weighted by Crippen LogP contribution is 2.43. The molecule has 0 aromatic carbocycles. The summed E-state index contributed by atoms with van der Waals surface area (Å²) in [5, 5.41) is 0. The van der Waals surface area contributed by atoms with Crippen LogP contribution in [0.4, 0.5) is 0 Å². The third-order valence-corrected chi connectivity index (χ3v) is 10.2. The number of ether oxygens (including phenoxy) is 2. The molecular formula is C48H85NO8P+. The predicted molar refractivity (Wildman–Crippen MR) is 242 cm³/mol. The van der Waals surface area contributed by atoms with Crippen LogP contribution in [0.5, 0.6) is 0 Å². The van der Waals surface area contributed by atoms with Gasteiger partial charge in [0.05, 0.1) is 27.7 Å². The lowest BCUT2D eigenvalue weighted by Crippen LogP contribution is -2.37. The summed E-state index contributed by atoms with van der Waals surface area (Å²) in [6.07, 6.45) is 49.7. The number of carbonyl (C=O) groups excluding carboxylic acids is 2. The lowest BCUT2D eigenvalue weighted by Gasteiger charge is -2.24. The van der Waals surface area contributed by atoms with E-state index in [0.29, 0.717) is 30.3 Å². The van der Waals surface area contributed by atoms with E-state index in [-0.39, 0.29) is 26.1 Å². The summed E-state index contributed by atoms with van der Waals surface area (Å²) in [5.41, 5.74) is 0. The molecule has 0 rings (SSSR count). The number of allylic oxidation sites excluding steroid dienone is 12. The smallest absolute Gasteiger partial charge is 0.462 e. The van der Waals surface area contributed by atoms with Crippen LogP contribution in [0.15, 0.2) is 72.9 Å². The molecule has 0 aliphatic carbocycles. The molecule has 1 N–H and O–H groups in total. The van der Waals surface area contributed by atoms with Gasteiger partial charge in [0, 0.05) is 12.8 Å². The van der Waals surface area contributed by atoms with E-state index in [2.05, 4.69) is 80.7 Å². The van der Waals surface area contributed by atoms with Crippen molar-refractivity contribution in [2.24, 2.45) is 0 Å². The summed E-state index contributed by atoms with van der Waals surface area (Å²) in [6.45, 7) is 4.28. The van der Waals surface area contributed by atoms with Gasteiger partial charge in [-0.1, -0.05) is 151 Å². The molecule has 0 fully saturated rings. The number of phosphoric acid groups is 1. The Hall–Kier alpha value is -2.55. The molecule has 0 saturated heterocycles. The summed E-state index contributed by atoms with van der Waals surface area (Å²) in [6, 6.07) is 0. The van der Waals surface area contributed by atoms with E-state index in [4.69, 9.17) is 18.5 Å². The van der Waals surface area contributed by atoms with E-state index in [0.717, 1.165) is 44.9 Å². The second-order valence-corrected chi connectivity index (χ2v) is 17.5. The maximum absolute atomic E-state index is 12.7. The highest BCUT2D eigenvalue weighted by Gasteiger charge is 2.27. The van der Waals surface area contributed by atoms with Gasteiger partial charge in [0.1, 0.15) is 19.8 Å². The normalized spacial score (nSPS) is 14.2. The maximum Gasteiger partial charge on any atom is 0.472 e. The van der Waals surface area contributed by atoms with Crippen molar-refractivity contribution in [3.05, 3.63) is 72.9 Å². The molecule has 0 amide bonds. The van der Waals surface area contributed by atoms with Crippen molar-refractivity contribution < 1.29 is 42.1 Å². The topological polar surface area (TPSA) is 108 Å². The van der Waals surface area contributed by atoms with E-state index in [1.807, 2.05) is 27.2 Å². The Morgan fingerprint density at radius 3 is 1.38 bits per heavy atom. The van der Waals surface area contributed by atoms with Gasteiger partial charge in [0.15, 0.2) is 6.10 Å². The van der Waals surface area contributed by atoms with Gasteiger partial charge in [0.25, 0.3) is 0 Å². The molecule has 9 nitrogen and oxygen atoms in total. The van der Waals surface area contributed by atoms with E-state index in [1.165, 1.54) is 77.0 Å². The third-order valence-electron chi connectivity index (χ3n) is 9.21. The largest absolute Gasteiger partial charge is 0.472 e. The molecule has 1 unspecified atom stereocenters. The Bertz CT molecular complexity index is 1220. The van der Waals surface area contributed by atoms with Gasteiger partial charge in [-0.2, -0.15) is 0 Å². The average Bonchev–Trinajstić information content (AvgIpc) is 3.17. The number of hydrogen-bond acceptors (Lipinski definition) is 7. The van der Waals surface area contributed by atoms with E-state index < -0.39 is 32.5 Å². The minimum Gasteiger partial charge on any atom is -0.462 e. The lowest BCUT2D eigenvalue weighted by molar-refractivity contribution is -0.870. The summed E-state index contributed by atoms with van der Waals surface area (Å²) < 4.78 is 34.2. The fourth-order valence-corrected chi connectivity index (χ4v) is 6.37. The van der Waals surface area contributed by atoms with Crippen molar-refractivity contribution in [1.82, 2.24) is 0 Å². The number of unbranched alkanes of at least 4 members (excludes halogenated alkanes) is 14. The van der Waals surface area contributed by atoms with Gasteiger partial charge in [-0.15, -0.1) is 0 Å². The zero-order valence-corrected chi connectivity index (χ0v) is 38.4. The van der Waals surface area contributed by atoms with Crippen LogP contribution in [0.3, 0.4) is 0 Å². The van der Waals surface area contributed by atoms with Crippen molar-refractivity contribution in [3.8, 4) is 0 Å². The first kappa shape index (κ1) is 55.5. The summed E-state index contributed by atoms with van der Waals surface area (Å²) in [5.74, 6) is -0.926. The molecule has 0 aromatic rings. The van der Waals surface area contributed by atoms with Crippen molar-refractivity contribution in [2.45, 2.75) is 174 Å². The van der Waals surface area contributed by atoms with Crippen LogP contribution in [0, 0.1) is 0 Å². The van der Waals surface area contributed by atoms with Crippen LogP contribution in [0.2, 0.25) is 0 Å². The molecule has 0 spiro atoms. The molecule has 0 bridgehead atoms. The maximum atomic E-state index is 12.7. The standard InChI is InChI=1S/C48H84NO8P/c1-6-8-10-12-14-16-18-20-22-24-26-28-30-32-34-36-38-40-47(50)54-44-46(45-56-58(52,53)55-43-42-49(3,4)5)57-48(51)41-39-37-35-33-31-29-27-25-23-21-19-17-15-13-11-9-7-2/h20-23,26-29,32-35,46H,6-19,24-25,30-31,36-45H2,1-5H3/p+1/b22-20-,23-21-,28-26-,29-27-,34-32-,35-33-/t46-/m1/s1. The lowest BCUT2D eigenvalue weighted by atomic mass is 10.1. The Morgan fingerprint density at radius 1 is 0.534 bits per heavy atom. The molecule has 0 radical (unpaired) electrons. The summed E-state index contributed by atoms with van der Waals surface area (Å²) in [7, 11) is 1.41. The molecule has 0 aliphatic heterocycles. The van der Waals surface area contributed by atoms with Crippen LogP contribution >= 0.6 is 7.82 Å². The second kappa shape index (κ2) is 39.9. The molecule has 0 saturated carbocycles. The monoisotopic (exact) mass is 835 g/mol. The van der Waals surface area contributed by atoms with Crippen molar-refractivity contribution in [3.63, 3.8) is 0 Å². The highest BCUT2D eigenvalue weighted by molar-refractivity contribution is 7.47. The Labute approximate surface area is 355 Å². The minimum atomic E-state index is -4.40. The molecule has 0 aromatic heterocycles. The van der Waals surface area contributed by atoms with Crippen molar-refractivity contribution in [2.75, 3.05) is 47.5 Å². The van der Waals surface area contributed by atoms with Crippen LogP contribution in [0.1, 0.15) is 168 Å². The number of hydrogen-bond donors (Lipinski definition) is 1. The fourth-order valence-electron chi connectivity index (χ4n) is 5.63. The van der Waals surface area contributed by atoms with Gasteiger partial charge < -0.3 is 18.9 Å². The van der Waals surface area contributed by atoms with Crippen LogP contribution in [-0.4, -0.2) is 74.9 Å². The molecule has 334 valence electrons. The molecule has 2 atom stereocenters.